The van der Waals surface area contributed by atoms with E-state index in [-0.39, 0.29) is 5.75 Å². The molecular weight excluding hydrogens is 474 g/mol. The van der Waals surface area contributed by atoms with Crippen LogP contribution in [-0.4, -0.2) is 6.61 Å². The number of benzene rings is 2. The number of allylic oxidation sites excluding steroid dienone is 2. The van der Waals surface area contributed by atoms with Crippen LogP contribution in [0, 0.1) is 29.4 Å². The largest absolute Gasteiger partial charge is 0.490 e. The van der Waals surface area contributed by atoms with E-state index in [9.17, 15) is 8.78 Å². The quantitative estimate of drug-likeness (QED) is 0.199. The summed E-state index contributed by atoms with van der Waals surface area (Å²) in [4.78, 5) is 0. The summed E-state index contributed by atoms with van der Waals surface area (Å²) in [6.07, 6.45) is 21.3. The van der Waals surface area contributed by atoms with Crippen molar-refractivity contribution < 1.29 is 13.5 Å². The summed E-state index contributed by atoms with van der Waals surface area (Å²) in [5.41, 5.74) is 3.04. The second-order valence-corrected chi connectivity index (χ2v) is 11.8. The van der Waals surface area contributed by atoms with Gasteiger partial charge in [0.25, 0.3) is 0 Å². The Balaban J connectivity index is 1.21. The van der Waals surface area contributed by atoms with Gasteiger partial charge in [0.1, 0.15) is 0 Å². The predicted octanol–water partition coefficient (Wildman–Crippen LogP) is 10.4. The molecule has 0 saturated heterocycles. The Morgan fingerprint density at radius 2 is 1.50 bits per heavy atom. The standard InChI is InChI=1S/C35H48F2O/c1-3-5-7-8-26-9-14-28(15-10-26)30-19-21-31(22-20-30)29-16-11-27(12-17-29)13-18-32-23-24-33(35(37)34(32)36)38-25-6-4-2/h3,5,11-12,16-17,23-24,26,28,30-31H,4,6-10,13-15,18-22,25H2,1-2H3/b5-3+. The predicted molar refractivity (Wildman–Crippen MR) is 155 cm³/mol. The van der Waals surface area contributed by atoms with Crippen molar-refractivity contribution in [3.05, 3.63) is 76.9 Å². The van der Waals surface area contributed by atoms with E-state index in [4.69, 9.17) is 4.74 Å². The second kappa shape index (κ2) is 14.8. The molecule has 0 radical (unpaired) electrons. The minimum Gasteiger partial charge on any atom is -0.490 e. The lowest BCUT2D eigenvalue weighted by Crippen LogP contribution is -2.25. The van der Waals surface area contributed by atoms with Gasteiger partial charge in [-0.25, -0.2) is 4.39 Å². The molecule has 1 nitrogen and oxygen atoms in total. The topological polar surface area (TPSA) is 9.23 Å². The average molecular weight is 523 g/mol. The van der Waals surface area contributed by atoms with Crippen LogP contribution in [0.2, 0.25) is 0 Å². The molecule has 2 aliphatic carbocycles. The van der Waals surface area contributed by atoms with E-state index >= 15 is 0 Å². The van der Waals surface area contributed by atoms with E-state index in [0.29, 0.717) is 30.9 Å². The van der Waals surface area contributed by atoms with Crippen LogP contribution in [0.5, 0.6) is 5.75 Å². The Morgan fingerprint density at radius 1 is 0.816 bits per heavy atom. The maximum atomic E-state index is 14.6. The van der Waals surface area contributed by atoms with Crippen LogP contribution in [-0.2, 0) is 12.8 Å². The first-order valence-corrected chi connectivity index (χ1v) is 15.4. The van der Waals surface area contributed by atoms with E-state index < -0.39 is 11.6 Å². The Morgan fingerprint density at radius 3 is 2.16 bits per heavy atom. The third kappa shape index (κ3) is 7.93. The molecule has 0 unspecified atom stereocenters. The van der Waals surface area contributed by atoms with E-state index in [0.717, 1.165) is 30.6 Å². The van der Waals surface area contributed by atoms with Crippen molar-refractivity contribution >= 4 is 0 Å². The maximum absolute atomic E-state index is 14.6. The minimum absolute atomic E-state index is 0.0199. The monoisotopic (exact) mass is 522 g/mol. The summed E-state index contributed by atoms with van der Waals surface area (Å²) in [5.74, 6) is 1.91. The number of hydrogen-bond donors (Lipinski definition) is 0. The molecule has 0 atom stereocenters. The number of aryl methyl sites for hydroxylation is 2. The lowest BCUT2D eigenvalue weighted by atomic mass is 9.68. The van der Waals surface area contributed by atoms with Crippen molar-refractivity contribution in [2.45, 2.75) is 110 Å². The third-order valence-corrected chi connectivity index (χ3v) is 9.32. The average Bonchev–Trinajstić information content (AvgIpc) is 2.96. The number of hydrogen-bond acceptors (Lipinski definition) is 1. The summed E-state index contributed by atoms with van der Waals surface area (Å²) in [5, 5.41) is 0. The van der Waals surface area contributed by atoms with Crippen LogP contribution in [0.4, 0.5) is 8.78 Å². The van der Waals surface area contributed by atoms with Crippen molar-refractivity contribution in [3.63, 3.8) is 0 Å². The van der Waals surface area contributed by atoms with Gasteiger partial charge in [-0.15, -0.1) is 0 Å². The lowest BCUT2D eigenvalue weighted by Gasteiger charge is -2.38. The Hall–Kier alpha value is -2.16. The molecular formula is C35H48F2O. The van der Waals surface area contributed by atoms with Crippen LogP contribution < -0.4 is 4.74 Å². The SMILES string of the molecule is C/C=C/CCC1CCC(C2CCC(c3ccc(CCc4ccc(OCCCC)c(F)c4F)cc3)CC2)CC1. The van der Waals surface area contributed by atoms with Crippen molar-refractivity contribution in [3.8, 4) is 5.75 Å². The highest BCUT2D eigenvalue weighted by atomic mass is 19.2. The molecule has 2 aromatic rings. The van der Waals surface area contributed by atoms with Crippen LogP contribution in [0.1, 0.15) is 114 Å². The smallest absolute Gasteiger partial charge is 0.200 e. The number of halogens is 2. The molecule has 0 aliphatic heterocycles. The minimum atomic E-state index is -0.859. The molecule has 2 saturated carbocycles. The molecule has 0 bridgehead atoms. The fourth-order valence-corrected chi connectivity index (χ4v) is 6.81. The van der Waals surface area contributed by atoms with Gasteiger partial charge in [-0.05, 0) is 124 Å². The van der Waals surface area contributed by atoms with Gasteiger partial charge in [0.15, 0.2) is 11.6 Å². The summed E-state index contributed by atoms with van der Waals surface area (Å²) < 4.78 is 34.4. The molecule has 0 amide bonds. The first kappa shape index (κ1) is 28.8. The molecule has 0 spiro atoms. The molecule has 3 heteroatoms. The summed E-state index contributed by atoms with van der Waals surface area (Å²) in [7, 11) is 0. The molecule has 4 rings (SSSR count). The van der Waals surface area contributed by atoms with Gasteiger partial charge in [-0.1, -0.05) is 68.7 Å². The third-order valence-electron chi connectivity index (χ3n) is 9.32. The summed E-state index contributed by atoms with van der Waals surface area (Å²) in [6.45, 7) is 4.58. The summed E-state index contributed by atoms with van der Waals surface area (Å²) in [6, 6.07) is 12.2. The molecule has 2 fully saturated rings. The van der Waals surface area contributed by atoms with E-state index in [1.807, 2.05) is 6.92 Å². The normalized spacial score (nSPS) is 24.1. The fourth-order valence-electron chi connectivity index (χ4n) is 6.81. The van der Waals surface area contributed by atoms with Gasteiger partial charge < -0.3 is 4.74 Å². The zero-order chi connectivity index (χ0) is 26.7. The van der Waals surface area contributed by atoms with Gasteiger partial charge in [0.05, 0.1) is 6.61 Å². The van der Waals surface area contributed by atoms with Crippen LogP contribution in [0.25, 0.3) is 0 Å². The van der Waals surface area contributed by atoms with Gasteiger partial charge in [0, 0.05) is 0 Å². The van der Waals surface area contributed by atoms with Crippen LogP contribution >= 0.6 is 0 Å². The highest BCUT2D eigenvalue weighted by Gasteiger charge is 2.31. The van der Waals surface area contributed by atoms with Crippen molar-refractivity contribution in [1.29, 1.82) is 0 Å². The zero-order valence-electron chi connectivity index (χ0n) is 23.7. The Kier molecular flexibility index (Phi) is 11.3. The van der Waals surface area contributed by atoms with Crippen molar-refractivity contribution in [1.82, 2.24) is 0 Å². The second-order valence-electron chi connectivity index (χ2n) is 11.8. The number of unbranched alkanes of at least 4 members (excludes halogenated alkanes) is 1. The highest BCUT2D eigenvalue weighted by molar-refractivity contribution is 5.32. The number of rotatable bonds is 12. The number of ether oxygens (including phenoxy) is 1. The lowest BCUT2D eigenvalue weighted by molar-refractivity contribution is 0.157. The van der Waals surface area contributed by atoms with Gasteiger partial charge >= 0.3 is 0 Å². The van der Waals surface area contributed by atoms with E-state index in [1.54, 1.807) is 12.1 Å². The van der Waals surface area contributed by atoms with Crippen molar-refractivity contribution in [2.24, 2.45) is 17.8 Å². The van der Waals surface area contributed by atoms with Gasteiger partial charge in [0.2, 0.25) is 5.82 Å². The highest BCUT2D eigenvalue weighted by Crippen LogP contribution is 2.44. The molecule has 0 aromatic heterocycles. The molecule has 0 heterocycles. The molecule has 2 aliphatic rings. The molecule has 38 heavy (non-hydrogen) atoms. The Labute approximate surface area is 230 Å². The van der Waals surface area contributed by atoms with E-state index in [1.165, 1.54) is 75.3 Å². The zero-order valence-corrected chi connectivity index (χ0v) is 23.7. The maximum Gasteiger partial charge on any atom is 0.200 e. The first-order chi connectivity index (χ1) is 18.6. The van der Waals surface area contributed by atoms with Crippen LogP contribution in [0.3, 0.4) is 0 Å². The van der Waals surface area contributed by atoms with Crippen LogP contribution in [0.15, 0.2) is 48.6 Å². The molecule has 2 aromatic carbocycles. The van der Waals surface area contributed by atoms with E-state index in [2.05, 4.69) is 43.3 Å². The fraction of sp³-hybridized carbons (Fsp3) is 0.600. The van der Waals surface area contributed by atoms with Crippen molar-refractivity contribution in [2.75, 3.05) is 6.61 Å². The van der Waals surface area contributed by atoms with Gasteiger partial charge in [-0.2, -0.15) is 4.39 Å². The molecule has 0 N–H and O–H groups in total. The molecule has 208 valence electrons. The first-order valence-electron chi connectivity index (χ1n) is 15.4. The van der Waals surface area contributed by atoms with Gasteiger partial charge in [-0.3, -0.25) is 0 Å². The Bertz CT molecular complexity index is 995. The summed E-state index contributed by atoms with van der Waals surface area (Å²) >= 11 is 0.